The maximum atomic E-state index is 12.5. The van der Waals surface area contributed by atoms with Gasteiger partial charge in [-0.1, -0.05) is 39.0 Å². The lowest BCUT2D eigenvalue weighted by molar-refractivity contribution is -1.12. The van der Waals surface area contributed by atoms with Crippen LogP contribution in [0.25, 0.3) is 0 Å². The second kappa shape index (κ2) is 10.5. The number of benzene rings is 1. The maximum Gasteiger partial charge on any atom is 0.389 e. The molecule has 0 bridgehead atoms. The average Bonchev–Trinajstić information content (AvgIpc) is 2.67. The lowest BCUT2D eigenvalue weighted by Crippen LogP contribution is -2.44. The molecule has 0 spiro atoms. The molecular formula is C14H25N3O15S3. The summed E-state index contributed by atoms with van der Waals surface area (Å²) < 4.78 is 61.6. The van der Waals surface area contributed by atoms with Crippen LogP contribution in [0.3, 0.4) is 0 Å². The van der Waals surface area contributed by atoms with E-state index in [-0.39, 0.29) is 25.0 Å². The summed E-state index contributed by atoms with van der Waals surface area (Å²) in [5.41, 5.74) is -1.14. The number of rotatable bonds is 13. The molecule has 0 saturated heterocycles. The molecule has 0 atom stereocenters. The van der Waals surface area contributed by atoms with Crippen molar-refractivity contribution < 1.29 is 69.6 Å². The second-order valence-electron chi connectivity index (χ2n) is 7.31. The maximum absolute atomic E-state index is 12.5. The molecule has 0 amide bonds. The van der Waals surface area contributed by atoms with E-state index in [1.54, 1.807) is 0 Å². The number of nitrogens with zero attached hydrogens (tertiary/aromatic N) is 3. The van der Waals surface area contributed by atoms with Gasteiger partial charge in [0.15, 0.2) is 0 Å². The number of hydrogen-bond donors (Lipinski definition) is 6. The zero-order valence-corrected chi connectivity index (χ0v) is 20.5. The molecule has 21 heteroatoms. The molecule has 6 N–H and O–H groups in total. The number of quaternary nitrogens is 3. The number of hydrogen-bond acceptors (Lipinski definition) is 15. The van der Waals surface area contributed by atoms with Gasteiger partial charge in [-0.3, -0.25) is 0 Å². The van der Waals surface area contributed by atoms with E-state index in [2.05, 4.69) is 0 Å². The molecule has 0 radical (unpaired) electrons. The zero-order chi connectivity index (χ0) is 27.7. The minimum atomic E-state index is -6.10. The van der Waals surface area contributed by atoms with Gasteiger partial charge in [-0.25, -0.2) is 0 Å². The smallest absolute Gasteiger partial charge is 0.389 e. The molecule has 0 unspecified atom stereocenters. The van der Waals surface area contributed by atoms with E-state index >= 15 is 0 Å². The van der Waals surface area contributed by atoms with Gasteiger partial charge in [0.1, 0.15) is 14.7 Å². The predicted octanol–water partition coefficient (Wildman–Crippen LogP) is 0.935. The minimum Gasteiger partial charge on any atom is -0.548 e. The van der Waals surface area contributed by atoms with Crippen molar-refractivity contribution in [3.05, 3.63) is 33.3 Å². The van der Waals surface area contributed by atoms with E-state index in [4.69, 9.17) is 31.2 Å². The summed E-state index contributed by atoms with van der Waals surface area (Å²) in [5.74, 6) is 0. The van der Waals surface area contributed by atoms with Crippen LogP contribution in [0.1, 0.15) is 51.0 Å². The van der Waals surface area contributed by atoms with Crippen molar-refractivity contribution in [3.63, 3.8) is 0 Å². The number of unbranched alkanes of at least 4 members (excludes halogenated alkanes) is 5. The zero-order valence-electron chi connectivity index (χ0n) is 18.0. The van der Waals surface area contributed by atoms with Crippen LogP contribution in [-0.4, -0.2) is 69.6 Å². The molecular weight excluding hydrogens is 546 g/mol. The average molecular weight is 572 g/mol. The number of sulfonamides is 3. The van der Waals surface area contributed by atoms with Crippen molar-refractivity contribution in [2.75, 3.05) is 0 Å². The van der Waals surface area contributed by atoms with Crippen LogP contribution in [0.15, 0.2) is 26.8 Å². The summed E-state index contributed by atoms with van der Waals surface area (Å²) in [6, 6.07) is -0.308. The van der Waals surface area contributed by atoms with Crippen molar-refractivity contribution in [1.29, 1.82) is 0 Å². The highest BCUT2D eigenvalue weighted by Crippen LogP contribution is 2.36. The fraction of sp³-hybridized carbons (Fsp3) is 0.571. The molecule has 1 aromatic rings. The Morgan fingerprint density at radius 2 is 0.971 bits per heavy atom. The molecule has 204 valence electrons. The van der Waals surface area contributed by atoms with Crippen molar-refractivity contribution in [1.82, 2.24) is 0 Å². The molecule has 18 nitrogen and oxygen atoms in total. The van der Waals surface area contributed by atoms with Crippen LogP contribution >= 0.6 is 0 Å². The first-order chi connectivity index (χ1) is 15.5. The van der Waals surface area contributed by atoms with Crippen LogP contribution < -0.4 is 0 Å². The van der Waals surface area contributed by atoms with Crippen molar-refractivity contribution >= 4 is 30.1 Å². The Balaban J connectivity index is 4.05. The second-order valence-corrected chi connectivity index (χ2v) is 12.9. The van der Waals surface area contributed by atoms with E-state index in [1.807, 2.05) is 6.92 Å². The van der Waals surface area contributed by atoms with E-state index < -0.39 is 69.9 Å². The van der Waals surface area contributed by atoms with Crippen molar-refractivity contribution in [2.45, 2.75) is 66.6 Å². The fourth-order valence-electron chi connectivity index (χ4n) is 2.93. The Hall–Kier alpha value is -1.41. The molecule has 35 heavy (non-hydrogen) atoms. The van der Waals surface area contributed by atoms with Gasteiger partial charge < -0.3 is 15.6 Å². The molecule has 1 aromatic carbocycles. The molecule has 0 aromatic heterocycles. The van der Waals surface area contributed by atoms with Gasteiger partial charge in [-0.15, -0.1) is 0 Å². The first-order valence-corrected chi connectivity index (χ1v) is 13.9. The third-order valence-electron chi connectivity index (χ3n) is 4.71. The molecule has 0 fully saturated rings. The Kier molecular flexibility index (Phi) is 9.51. The Bertz CT molecular complexity index is 1160. The lowest BCUT2D eigenvalue weighted by atomic mass is 10.0. The summed E-state index contributed by atoms with van der Waals surface area (Å²) in [6.07, 6.45) is 2.42. The summed E-state index contributed by atoms with van der Waals surface area (Å²) in [5, 5.41) is 88.6. The fourth-order valence-corrected chi connectivity index (χ4v) is 6.06. The lowest BCUT2D eigenvalue weighted by Gasteiger charge is -2.28. The highest BCUT2D eigenvalue weighted by atomic mass is 32.2. The quantitative estimate of drug-likeness (QED) is 0.109. The van der Waals surface area contributed by atoms with Crippen LogP contribution in [0.2, 0.25) is 0 Å². The Morgan fingerprint density at radius 1 is 0.629 bits per heavy atom. The standard InChI is InChI=1S/C14H25N3O15S3/c1-2-3-4-5-6-7-8-12-13(34(29,30)16(21,22)23)9-11(33(27,28)15(18,19)20)10-14(12)35(31,32)17(24,25)26/h9-10,18-19,21-22,24-25H,2-8H2,1H3. The van der Waals surface area contributed by atoms with E-state index in [0.29, 0.717) is 12.8 Å². The molecule has 0 saturated carbocycles. The van der Waals surface area contributed by atoms with Gasteiger partial charge in [0.2, 0.25) is 0 Å². The third kappa shape index (κ3) is 6.68. The predicted molar refractivity (Wildman–Crippen MR) is 107 cm³/mol. The van der Waals surface area contributed by atoms with Gasteiger partial charge in [-0.05, 0) is 25.0 Å². The van der Waals surface area contributed by atoms with Crippen molar-refractivity contribution in [3.8, 4) is 0 Å². The SMILES string of the molecule is CCCCCCCCc1c(S(=O)(=O)[N+]([O-])(O)O)cc(S(=O)(=O)[N+]([O-])(O)O)cc1S(=O)(=O)[N+]([O-])(O)O. The molecule has 0 aliphatic rings. The van der Waals surface area contributed by atoms with Gasteiger partial charge in [0.25, 0.3) is 0 Å². The summed E-state index contributed by atoms with van der Waals surface area (Å²) in [7, 11) is -18.3. The largest absolute Gasteiger partial charge is 0.548 e. The van der Waals surface area contributed by atoms with Gasteiger partial charge in [-0.2, -0.15) is 56.5 Å². The van der Waals surface area contributed by atoms with Crippen molar-refractivity contribution in [2.24, 2.45) is 0 Å². The summed E-state index contributed by atoms with van der Waals surface area (Å²) >= 11 is 0. The Morgan fingerprint density at radius 3 is 1.31 bits per heavy atom. The summed E-state index contributed by atoms with van der Waals surface area (Å²) in [6.45, 7) is 1.91. The molecule has 0 aliphatic carbocycles. The van der Waals surface area contributed by atoms with E-state index in [1.165, 1.54) is 0 Å². The minimum absolute atomic E-state index is 0.0894. The highest BCUT2D eigenvalue weighted by molar-refractivity contribution is 7.87. The van der Waals surface area contributed by atoms with Crippen LogP contribution in [0.4, 0.5) is 0 Å². The molecule has 1 rings (SSSR count). The topological polar surface area (TPSA) is 293 Å². The monoisotopic (exact) mass is 571 g/mol. The van der Waals surface area contributed by atoms with Crippen LogP contribution in [0, 0.1) is 15.6 Å². The van der Waals surface area contributed by atoms with Gasteiger partial charge in [0.05, 0.1) is 0 Å². The van der Waals surface area contributed by atoms with Gasteiger partial charge in [0, 0.05) is 18.7 Å². The highest BCUT2D eigenvalue weighted by Gasteiger charge is 2.46. The van der Waals surface area contributed by atoms with Crippen LogP contribution in [0.5, 0.6) is 0 Å². The van der Waals surface area contributed by atoms with E-state index in [0.717, 1.165) is 12.8 Å². The van der Waals surface area contributed by atoms with E-state index in [9.17, 15) is 40.9 Å². The molecule has 0 aliphatic heterocycles. The summed E-state index contributed by atoms with van der Waals surface area (Å²) in [4.78, 5) is -5.40. The first-order valence-electron chi connectivity index (χ1n) is 9.62. The van der Waals surface area contributed by atoms with Crippen LogP contribution in [-0.2, 0) is 36.5 Å². The Labute approximate surface area is 199 Å². The normalized spacial score (nSPS) is 14.3. The van der Waals surface area contributed by atoms with Gasteiger partial charge >= 0.3 is 30.1 Å². The third-order valence-corrected chi connectivity index (χ3v) is 9.27. The molecule has 0 heterocycles. The first kappa shape index (κ1) is 31.6.